The fraction of sp³-hybridized carbons (Fsp3) is 1.00. The van der Waals surface area contributed by atoms with Gasteiger partial charge in [-0.15, -0.1) is 0 Å². The van der Waals surface area contributed by atoms with Crippen molar-refractivity contribution in [1.82, 2.24) is 4.23 Å². The van der Waals surface area contributed by atoms with Crippen molar-refractivity contribution < 1.29 is 83.8 Å². The van der Waals surface area contributed by atoms with Crippen LogP contribution in [0, 0.1) is 0 Å². The first-order valence-electron chi connectivity index (χ1n) is 3.58. The van der Waals surface area contributed by atoms with E-state index in [1.54, 1.807) is 0 Å². The Balaban J connectivity index is -0.0000000533. The van der Waals surface area contributed by atoms with Crippen molar-refractivity contribution in [1.29, 1.82) is 0 Å². The molecule has 0 N–H and O–H groups in total. The minimum absolute atomic E-state index is 0. The molecular weight excluding hydrogens is 204 g/mol. The Labute approximate surface area is 142 Å². The molecule has 0 amide bonds. The molecule has 0 spiro atoms. The average Bonchev–Trinajstić information content (AvgIpc) is 1.62. The summed E-state index contributed by atoms with van der Waals surface area (Å²) >= 11 is 0. The van der Waals surface area contributed by atoms with Crippen molar-refractivity contribution >= 4 is 17.2 Å². The summed E-state index contributed by atoms with van der Waals surface area (Å²) in [6.45, 7) is 12.0. The van der Waals surface area contributed by atoms with E-state index in [2.05, 4.69) is 44.0 Å². The molecule has 0 aromatic carbocycles. The molecule has 0 aliphatic heterocycles. The molecule has 0 aliphatic rings. The van der Waals surface area contributed by atoms with Gasteiger partial charge in [0.25, 0.3) is 0 Å². The van der Waals surface area contributed by atoms with Crippen LogP contribution < -0.4 is 80.9 Å². The molecule has 0 saturated carbocycles. The average molecular weight is 226 g/mol. The first kappa shape index (κ1) is 19.6. The first-order valence-corrected chi connectivity index (χ1v) is 9.86. The minimum Gasteiger partial charge on any atom is -1.00 e. The van der Waals surface area contributed by atoms with E-state index in [9.17, 15) is 0 Å². The maximum absolute atomic E-state index is 2.63. The molecular formula is C6H21KNNaSi2. The van der Waals surface area contributed by atoms with Gasteiger partial charge >= 0.3 is 80.9 Å². The fourth-order valence-corrected chi connectivity index (χ4v) is 6.97. The van der Waals surface area contributed by atoms with Gasteiger partial charge in [0.2, 0.25) is 0 Å². The van der Waals surface area contributed by atoms with Gasteiger partial charge in [-0.1, -0.05) is 32.7 Å². The molecule has 0 aromatic heterocycles. The predicted molar refractivity (Wildman–Crippen MR) is 52.2 cm³/mol. The van der Waals surface area contributed by atoms with Crippen molar-refractivity contribution in [2.45, 2.75) is 32.7 Å². The van der Waals surface area contributed by atoms with Crippen molar-refractivity contribution in [2.75, 3.05) is 7.05 Å². The molecule has 0 saturated heterocycles. The van der Waals surface area contributed by atoms with Gasteiger partial charge in [-0.2, -0.15) is 0 Å². The smallest absolute Gasteiger partial charge is 1.00 e. The molecule has 0 unspecified atom stereocenters. The van der Waals surface area contributed by atoms with Crippen molar-refractivity contribution in [3.8, 4) is 0 Å². The maximum atomic E-state index is 2.63. The van der Waals surface area contributed by atoms with Gasteiger partial charge in [-0.25, -0.2) is 0 Å². The largest absolute Gasteiger partial charge is 1.00 e. The third kappa shape index (κ3) is 9.34. The molecule has 0 aromatic rings. The van der Waals surface area contributed by atoms with Gasteiger partial charge in [0, 0.05) is 0 Å². The number of hydrogen-bond donors (Lipinski definition) is 0. The van der Waals surface area contributed by atoms with Gasteiger partial charge in [0.15, 0.2) is 0 Å². The number of nitrogens with zero attached hydrogens (tertiary/aromatic N) is 1. The first-order chi connectivity index (χ1) is 3.85. The number of rotatable bonds is 2. The molecule has 0 atom stereocenters. The maximum Gasteiger partial charge on any atom is 1.00 e. The van der Waals surface area contributed by atoms with Gasteiger partial charge in [-0.3, -0.25) is 0 Å². The van der Waals surface area contributed by atoms with E-state index in [1.807, 2.05) is 0 Å². The van der Waals surface area contributed by atoms with Crippen molar-refractivity contribution in [3.05, 3.63) is 0 Å². The van der Waals surface area contributed by atoms with Gasteiger partial charge in [0.05, 0.1) is 8.96 Å². The number of hydrogen-bond acceptors (Lipinski definition) is 1. The normalized spacial score (nSPS) is 10.9. The monoisotopic (exact) mass is 225 g/mol. The summed E-state index contributed by atoms with van der Waals surface area (Å²) < 4.78 is 2.63. The molecule has 5 heteroatoms. The summed E-state index contributed by atoms with van der Waals surface area (Å²) in [6.07, 6.45) is 0. The van der Waals surface area contributed by atoms with Gasteiger partial charge in [-0.05, 0) is 7.05 Å². The topological polar surface area (TPSA) is 3.24 Å². The van der Waals surface area contributed by atoms with E-state index in [0.29, 0.717) is 0 Å². The minimum atomic E-state index is -0.929. The summed E-state index contributed by atoms with van der Waals surface area (Å²) in [5, 5.41) is 0. The molecule has 0 radical (unpaired) electrons. The van der Waals surface area contributed by atoms with Crippen molar-refractivity contribution in [3.63, 3.8) is 0 Å². The van der Waals surface area contributed by atoms with Gasteiger partial charge in [0.1, 0.15) is 8.24 Å². The van der Waals surface area contributed by atoms with E-state index >= 15 is 0 Å². The molecule has 0 heterocycles. The van der Waals surface area contributed by atoms with E-state index in [-0.39, 0.29) is 83.8 Å². The Bertz CT molecular complexity index is 103. The van der Waals surface area contributed by atoms with E-state index < -0.39 is 17.2 Å². The quantitative estimate of drug-likeness (QED) is 0.433. The van der Waals surface area contributed by atoms with Crippen LogP contribution in [-0.4, -0.2) is 28.5 Å². The molecule has 11 heavy (non-hydrogen) atoms. The molecule has 0 bridgehead atoms. The SMILES string of the molecule is CN([SiH](C)C)[Si](C)(C)C.[H-].[H-].[K+].[Na+]. The van der Waals surface area contributed by atoms with Crippen LogP contribution in [0.25, 0.3) is 0 Å². The molecule has 0 fully saturated rings. The zero-order valence-electron chi connectivity index (χ0n) is 11.5. The molecule has 0 rings (SSSR count). The Morgan fingerprint density at radius 3 is 1.45 bits per heavy atom. The third-order valence-electron chi connectivity index (χ3n) is 1.83. The van der Waals surface area contributed by atoms with Crippen LogP contribution in [0.3, 0.4) is 0 Å². The Morgan fingerprint density at radius 2 is 1.45 bits per heavy atom. The zero-order valence-corrected chi connectivity index (χ0v) is 16.8. The second-order valence-electron chi connectivity index (χ2n) is 3.88. The second kappa shape index (κ2) is 8.35. The summed E-state index contributed by atoms with van der Waals surface area (Å²) in [4.78, 5) is 0. The molecule has 60 valence electrons. The molecule has 0 aliphatic carbocycles. The summed E-state index contributed by atoms with van der Waals surface area (Å²) in [6, 6.07) is 0. The Kier molecular flexibility index (Phi) is 14.9. The summed E-state index contributed by atoms with van der Waals surface area (Å²) in [7, 11) is 0.858. The fourth-order valence-electron chi connectivity index (χ4n) is 0.775. The standard InChI is InChI=1S/C6H19NSi2.K.Na.2H/c1-7(8(2)3)9(4,5)6;;;;/h8H,1-6H3;;;;/q;2*+1;2*-1. The van der Waals surface area contributed by atoms with E-state index in [0.717, 1.165) is 0 Å². The third-order valence-corrected chi connectivity index (χ3v) is 9.37. The predicted octanol–water partition coefficient (Wildman–Crippen LogP) is -4.03. The summed E-state index contributed by atoms with van der Waals surface area (Å²) in [5.41, 5.74) is 0. The van der Waals surface area contributed by atoms with Crippen LogP contribution in [0.1, 0.15) is 2.85 Å². The van der Waals surface area contributed by atoms with Crippen LogP contribution in [0.15, 0.2) is 0 Å². The zero-order chi connectivity index (χ0) is 7.65. The second-order valence-corrected chi connectivity index (χ2v) is 12.4. The van der Waals surface area contributed by atoms with Gasteiger partial charge < -0.3 is 7.08 Å². The van der Waals surface area contributed by atoms with E-state index in [1.165, 1.54) is 0 Å². The molecule has 1 nitrogen and oxygen atoms in total. The van der Waals surface area contributed by atoms with Crippen LogP contribution in [0.4, 0.5) is 0 Å². The van der Waals surface area contributed by atoms with Crippen LogP contribution in [0.5, 0.6) is 0 Å². The van der Waals surface area contributed by atoms with Crippen LogP contribution >= 0.6 is 0 Å². The Morgan fingerprint density at radius 1 is 1.18 bits per heavy atom. The van der Waals surface area contributed by atoms with Crippen LogP contribution in [-0.2, 0) is 0 Å². The Hall–Kier alpha value is 3.03. The van der Waals surface area contributed by atoms with E-state index in [4.69, 9.17) is 0 Å². The summed E-state index contributed by atoms with van der Waals surface area (Å²) in [5.74, 6) is 0. The van der Waals surface area contributed by atoms with Crippen molar-refractivity contribution in [2.24, 2.45) is 0 Å². The van der Waals surface area contributed by atoms with Crippen LogP contribution in [0.2, 0.25) is 32.7 Å².